The van der Waals surface area contributed by atoms with Crippen molar-refractivity contribution in [2.45, 2.75) is 65.4 Å². The van der Waals surface area contributed by atoms with E-state index in [2.05, 4.69) is 32.9 Å². The largest absolute Gasteiger partial charge is 0.486 e. The minimum absolute atomic E-state index is 0.0545. The van der Waals surface area contributed by atoms with Crippen molar-refractivity contribution in [3.63, 3.8) is 0 Å². The van der Waals surface area contributed by atoms with Crippen molar-refractivity contribution in [3.05, 3.63) is 52.6 Å². The number of hydrogen-bond donors (Lipinski definition) is 1. The Morgan fingerprint density at radius 1 is 1.23 bits per heavy atom. The summed E-state index contributed by atoms with van der Waals surface area (Å²) < 4.78 is 6.07. The summed E-state index contributed by atoms with van der Waals surface area (Å²) in [6.07, 6.45) is 8.43. The minimum Gasteiger partial charge on any atom is -0.486 e. The van der Waals surface area contributed by atoms with Gasteiger partial charge in [0.05, 0.1) is 17.5 Å². The second-order valence-corrected chi connectivity index (χ2v) is 7.58. The summed E-state index contributed by atoms with van der Waals surface area (Å²) in [5.74, 6) is -0.609. The fourth-order valence-corrected chi connectivity index (χ4v) is 3.16. The maximum atomic E-state index is 12.5. The number of fused-ring (bicyclic) bond motifs is 1. The Bertz CT molecular complexity index is 753. The van der Waals surface area contributed by atoms with Crippen LogP contribution in [0.1, 0.15) is 80.5 Å². The quantitative estimate of drug-likeness (QED) is 0.648. The zero-order chi connectivity index (χ0) is 19.3. The van der Waals surface area contributed by atoms with Gasteiger partial charge in [0.15, 0.2) is 5.78 Å². The zero-order valence-electron chi connectivity index (χ0n) is 16.1. The molecule has 0 unspecified atom stereocenters. The van der Waals surface area contributed by atoms with Crippen LogP contribution in [0.2, 0.25) is 0 Å². The number of rotatable bonds is 7. The Kier molecular flexibility index (Phi) is 6.41. The molecular formula is C22H28O4. The van der Waals surface area contributed by atoms with Crippen molar-refractivity contribution in [2.24, 2.45) is 0 Å². The van der Waals surface area contributed by atoms with Crippen LogP contribution in [0.15, 0.2) is 41.5 Å². The molecular weight excluding hydrogens is 328 g/mol. The fraction of sp³-hybridized carbons (Fsp3) is 0.455. The number of carboxylic acids is 1. The standard InChI is InChI=1S/C22H28O4/c1-15(2)7-5-8-16(3)9-6-12-22(4)14-19(23)18-13-17(21(24)25)10-11-20(18)26-22/h7,9-11,13H,5-6,8,12,14H2,1-4H3,(H,24,25)/t22-/m0/s1. The van der Waals surface area contributed by atoms with E-state index in [9.17, 15) is 9.59 Å². The van der Waals surface area contributed by atoms with Gasteiger partial charge in [-0.2, -0.15) is 0 Å². The maximum absolute atomic E-state index is 12.5. The second kappa shape index (κ2) is 8.35. The molecule has 1 N–H and O–H groups in total. The first kappa shape index (κ1) is 20.0. The summed E-state index contributed by atoms with van der Waals surface area (Å²) in [6.45, 7) is 8.30. The van der Waals surface area contributed by atoms with Crippen LogP contribution in [0.4, 0.5) is 0 Å². The topological polar surface area (TPSA) is 63.6 Å². The molecule has 0 amide bonds. The van der Waals surface area contributed by atoms with Gasteiger partial charge in [-0.3, -0.25) is 4.79 Å². The van der Waals surface area contributed by atoms with Gasteiger partial charge in [0.1, 0.15) is 11.4 Å². The van der Waals surface area contributed by atoms with Crippen molar-refractivity contribution in [1.29, 1.82) is 0 Å². The molecule has 4 nitrogen and oxygen atoms in total. The van der Waals surface area contributed by atoms with Crippen molar-refractivity contribution >= 4 is 11.8 Å². The third-order valence-electron chi connectivity index (χ3n) is 4.68. The van der Waals surface area contributed by atoms with E-state index in [0.29, 0.717) is 11.3 Å². The van der Waals surface area contributed by atoms with Crippen molar-refractivity contribution in [2.75, 3.05) is 0 Å². The first-order valence-electron chi connectivity index (χ1n) is 9.09. The van der Waals surface area contributed by atoms with Gasteiger partial charge in [0.2, 0.25) is 0 Å². The number of ketones is 1. The molecule has 1 aromatic carbocycles. The number of ether oxygens (including phenoxy) is 1. The molecule has 0 fully saturated rings. The molecule has 26 heavy (non-hydrogen) atoms. The predicted octanol–water partition coefficient (Wildman–Crippen LogP) is 5.58. The molecule has 2 rings (SSSR count). The van der Waals surface area contributed by atoms with E-state index in [4.69, 9.17) is 9.84 Å². The van der Waals surface area contributed by atoms with Crippen molar-refractivity contribution in [1.82, 2.24) is 0 Å². The number of allylic oxidation sites excluding steroid dienone is 4. The lowest BCUT2D eigenvalue weighted by Crippen LogP contribution is -2.39. The number of Topliss-reactive ketones (excluding diaryl/α,β-unsaturated/α-hetero) is 1. The smallest absolute Gasteiger partial charge is 0.335 e. The van der Waals surface area contributed by atoms with E-state index in [-0.39, 0.29) is 17.8 Å². The minimum atomic E-state index is -1.04. The molecule has 1 aliphatic heterocycles. The molecule has 0 aromatic heterocycles. The Labute approximate surface area is 155 Å². The molecule has 0 saturated heterocycles. The molecule has 0 saturated carbocycles. The van der Waals surface area contributed by atoms with Crippen LogP contribution >= 0.6 is 0 Å². The van der Waals surface area contributed by atoms with Gasteiger partial charge in [0.25, 0.3) is 0 Å². The summed E-state index contributed by atoms with van der Waals surface area (Å²) in [5.41, 5.74) is 2.62. The molecule has 4 heteroatoms. The molecule has 1 aliphatic rings. The number of carboxylic acid groups (broad SMARTS) is 1. The Morgan fingerprint density at radius 3 is 2.62 bits per heavy atom. The lowest BCUT2D eigenvalue weighted by Gasteiger charge is -2.35. The van der Waals surface area contributed by atoms with E-state index in [0.717, 1.165) is 25.7 Å². The maximum Gasteiger partial charge on any atom is 0.335 e. The highest BCUT2D eigenvalue weighted by Crippen LogP contribution is 2.36. The van der Waals surface area contributed by atoms with E-state index in [1.807, 2.05) is 6.92 Å². The fourth-order valence-electron chi connectivity index (χ4n) is 3.16. The molecule has 1 aromatic rings. The van der Waals surface area contributed by atoms with E-state index in [1.54, 1.807) is 6.07 Å². The molecule has 0 aliphatic carbocycles. The normalized spacial score (nSPS) is 19.5. The van der Waals surface area contributed by atoms with Gasteiger partial charge in [-0.1, -0.05) is 23.3 Å². The first-order chi connectivity index (χ1) is 12.2. The van der Waals surface area contributed by atoms with Crippen LogP contribution < -0.4 is 4.74 Å². The Morgan fingerprint density at radius 2 is 1.96 bits per heavy atom. The first-order valence-corrected chi connectivity index (χ1v) is 9.09. The van der Waals surface area contributed by atoms with Crippen LogP contribution in [0, 0.1) is 0 Å². The third kappa shape index (κ3) is 5.32. The summed E-state index contributed by atoms with van der Waals surface area (Å²) in [6, 6.07) is 4.48. The molecule has 0 radical (unpaired) electrons. The summed E-state index contributed by atoms with van der Waals surface area (Å²) in [7, 11) is 0. The SMILES string of the molecule is CC(C)=CCCC(C)=CCC[C@@]1(C)CC(=O)c2cc(C(=O)O)ccc2O1. The van der Waals surface area contributed by atoms with Crippen LogP contribution in [0.5, 0.6) is 5.75 Å². The van der Waals surface area contributed by atoms with Crippen LogP contribution in [-0.2, 0) is 0 Å². The molecule has 1 atom stereocenters. The van der Waals surface area contributed by atoms with E-state index >= 15 is 0 Å². The van der Waals surface area contributed by atoms with Gasteiger partial charge in [-0.05, 0) is 71.6 Å². The highest BCUT2D eigenvalue weighted by Gasteiger charge is 2.36. The van der Waals surface area contributed by atoms with Crippen LogP contribution in [-0.4, -0.2) is 22.5 Å². The average molecular weight is 356 g/mol. The van der Waals surface area contributed by atoms with Gasteiger partial charge in [0, 0.05) is 0 Å². The third-order valence-corrected chi connectivity index (χ3v) is 4.68. The summed E-state index contributed by atoms with van der Waals surface area (Å²) >= 11 is 0. The Hall–Kier alpha value is -2.36. The number of hydrogen-bond acceptors (Lipinski definition) is 3. The number of carbonyl (C=O) groups excluding carboxylic acids is 1. The number of carbonyl (C=O) groups is 2. The monoisotopic (exact) mass is 356 g/mol. The lowest BCUT2D eigenvalue weighted by molar-refractivity contribution is 0.0475. The molecule has 1 heterocycles. The van der Waals surface area contributed by atoms with Crippen LogP contribution in [0.3, 0.4) is 0 Å². The van der Waals surface area contributed by atoms with Gasteiger partial charge >= 0.3 is 5.97 Å². The highest BCUT2D eigenvalue weighted by molar-refractivity contribution is 6.02. The van der Waals surface area contributed by atoms with Gasteiger partial charge in [-0.15, -0.1) is 0 Å². The van der Waals surface area contributed by atoms with Gasteiger partial charge in [-0.25, -0.2) is 4.79 Å². The predicted molar refractivity (Wildman–Crippen MR) is 103 cm³/mol. The van der Waals surface area contributed by atoms with Crippen molar-refractivity contribution < 1.29 is 19.4 Å². The second-order valence-electron chi connectivity index (χ2n) is 7.58. The van der Waals surface area contributed by atoms with Crippen molar-refractivity contribution in [3.8, 4) is 5.75 Å². The Balaban J connectivity index is 2.00. The van der Waals surface area contributed by atoms with Crippen LogP contribution in [0.25, 0.3) is 0 Å². The highest BCUT2D eigenvalue weighted by atomic mass is 16.5. The van der Waals surface area contributed by atoms with E-state index < -0.39 is 11.6 Å². The summed E-state index contributed by atoms with van der Waals surface area (Å²) in [5, 5.41) is 9.07. The molecule has 140 valence electrons. The van der Waals surface area contributed by atoms with Gasteiger partial charge < -0.3 is 9.84 Å². The lowest BCUT2D eigenvalue weighted by atomic mass is 9.87. The number of benzene rings is 1. The molecule has 0 spiro atoms. The average Bonchev–Trinajstić information content (AvgIpc) is 2.53. The molecule has 0 bridgehead atoms. The summed E-state index contributed by atoms with van der Waals surface area (Å²) in [4.78, 5) is 23.6. The van der Waals surface area contributed by atoms with E-state index in [1.165, 1.54) is 23.3 Å². The zero-order valence-corrected chi connectivity index (χ0v) is 16.1. The number of aromatic carboxylic acids is 1.